The van der Waals surface area contributed by atoms with Gasteiger partial charge in [-0.05, 0) is 31.8 Å². The van der Waals surface area contributed by atoms with Crippen molar-refractivity contribution in [2.75, 3.05) is 13.1 Å². The number of nitro groups is 2. The summed E-state index contributed by atoms with van der Waals surface area (Å²) in [5, 5.41) is 24.8. The summed E-state index contributed by atoms with van der Waals surface area (Å²) in [6.45, 7) is 1.52. The molecular formula is C14H17N3O6. The minimum absolute atomic E-state index is 0.216. The number of non-ortho nitro benzene ring substituents is 2. The van der Waals surface area contributed by atoms with E-state index in [0.717, 1.165) is 32.0 Å². The molecule has 1 aromatic rings. The zero-order chi connectivity index (χ0) is 16.8. The predicted octanol–water partition coefficient (Wildman–Crippen LogP) is 1.94. The van der Waals surface area contributed by atoms with Crippen molar-refractivity contribution < 1.29 is 19.4 Å². The highest BCUT2D eigenvalue weighted by molar-refractivity contribution is 5.69. The molecular weight excluding hydrogens is 306 g/mol. The molecule has 0 atom stereocenters. The average Bonchev–Trinajstić information content (AvgIpc) is 2.53. The van der Waals surface area contributed by atoms with Crippen LogP contribution in [-0.4, -0.2) is 28.9 Å². The Labute approximate surface area is 131 Å². The van der Waals surface area contributed by atoms with Crippen molar-refractivity contribution in [3.8, 4) is 0 Å². The van der Waals surface area contributed by atoms with Crippen molar-refractivity contribution >= 4 is 17.3 Å². The molecule has 1 saturated heterocycles. The Balaban J connectivity index is 1.97. The van der Waals surface area contributed by atoms with Gasteiger partial charge in [-0.25, -0.2) is 0 Å². The standard InChI is InChI=1S/C14H17N3O6/c18-14(7-10-1-3-15-4-2-10)23-9-11-5-12(16(19)20)8-13(6-11)17(21)22/h5-6,8,10,15H,1-4,7,9H2. The molecule has 2 rings (SSSR count). The molecule has 0 aromatic heterocycles. The van der Waals surface area contributed by atoms with Gasteiger partial charge < -0.3 is 10.1 Å². The van der Waals surface area contributed by atoms with Crippen LogP contribution in [0.2, 0.25) is 0 Å². The fourth-order valence-corrected chi connectivity index (χ4v) is 2.49. The van der Waals surface area contributed by atoms with Crippen LogP contribution in [0.4, 0.5) is 11.4 Å². The minimum Gasteiger partial charge on any atom is -0.461 e. The number of piperidine rings is 1. The highest BCUT2D eigenvalue weighted by Crippen LogP contribution is 2.23. The molecule has 0 spiro atoms. The van der Waals surface area contributed by atoms with E-state index in [9.17, 15) is 25.0 Å². The van der Waals surface area contributed by atoms with Crippen molar-refractivity contribution in [3.05, 3.63) is 44.0 Å². The first-order chi connectivity index (χ1) is 11.0. The van der Waals surface area contributed by atoms with Gasteiger partial charge in [0.25, 0.3) is 11.4 Å². The Hall–Kier alpha value is -2.55. The summed E-state index contributed by atoms with van der Waals surface area (Å²) in [5.41, 5.74) is -0.572. The second-order valence-electron chi connectivity index (χ2n) is 5.43. The molecule has 1 N–H and O–H groups in total. The zero-order valence-electron chi connectivity index (χ0n) is 12.4. The number of carbonyl (C=O) groups is 1. The first kappa shape index (κ1) is 16.8. The van der Waals surface area contributed by atoms with Crippen molar-refractivity contribution in [2.45, 2.75) is 25.9 Å². The largest absolute Gasteiger partial charge is 0.461 e. The van der Waals surface area contributed by atoms with Crippen LogP contribution in [0.1, 0.15) is 24.8 Å². The van der Waals surface area contributed by atoms with Crippen LogP contribution in [0, 0.1) is 26.1 Å². The quantitative estimate of drug-likeness (QED) is 0.481. The van der Waals surface area contributed by atoms with Crippen molar-refractivity contribution in [1.82, 2.24) is 5.32 Å². The second-order valence-corrected chi connectivity index (χ2v) is 5.43. The topological polar surface area (TPSA) is 125 Å². The number of nitrogens with zero attached hydrogens (tertiary/aromatic N) is 2. The molecule has 0 aliphatic carbocycles. The summed E-state index contributed by atoms with van der Waals surface area (Å²) in [5.74, 6) is -0.130. The summed E-state index contributed by atoms with van der Waals surface area (Å²) in [4.78, 5) is 32.0. The van der Waals surface area contributed by atoms with Gasteiger partial charge in [0.1, 0.15) is 6.61 Å². The molecule has 0 saturated carbocycles. The third-order valence-corrected chi connectivity index (χ3v) is 3.70. The molecule has 1 aliphatic rings. The van der Waals surface area contributed by atoms with Crippen LogP contribution in [0.3, 0.4) is 0 Å². The lowest BCUT2D eigenvalue weighted by atomic mass is 9.95. The maximum absolute atomic E-state index is 11.8. The summed E-state index contributed by atoms with van der Waals surface area (Å²) in [6, 6.07) is 3.22. The lowest BCUT2D eigenvalue weighted by molar-refractivity contribution is -0.394. The van der Waals surface area contributed by atoms with E-state index < -0.39 is 27.2 Å². The molecule has 0 amide bonds. The Bertz CT molecular complexity index is 580. The number of rotatable bonds is 6. The molecule has 124 valence electrons. The average molecular weight is 323 g/mol. The normalized spacial score (nSPS) is 15.1. The van der Waals surface area contributed by atoms with Gasteiger partial charge >= 0.3 is 5.97 Å². The molecule has 0 unspecified atom stereocenters. The van der Waals surface area contributed by atoms with E-state index in [1.165, 1.54) is 12.1 Å². The highest BCUT2D eigenvalue weighted by atomic mass is 16.6. The van der Waals surface area contributed by atoms with Crippen LogP contribution in [0.5, 0.6) is 0 Å². The number of carbonyl (C=O) groups excluding carboxylic acids is 1. The van der Waals surface area contributed by atoms with Gasteiger partial charge in [0.05, 0.1) is 15.9 Å². The Morgan fingerprint density at radius 1 is 1.13 bits per heavy atom. The number of ether oxygens (including phenoxy) is 1. The maximum Gasteiger partial charge on any atom is 0.306 e. The van der Waals surface area contributed by atoms with E-state index in [2.05, 4.69) is 5.32 Å². The molecule has 9 heteroatoms. The zero-order valence-corrected chi connectivity index (χ0v) is 12.4. The van der Waals surface area contributed by atoms with E-state index in [1.54, 1.807) is 0 Å². The van der Waals surface area contributed by atoms with Crippen LogP contribution < -0.4 is 5.32 Å². The highest BCUT2D eigenvalue weighted by Gasteiger charge is 2.19. The van der Waals surface area contributed by atoms with Crippen molar-refractivity contribution in [1.29, 1.82) is 0 Å². The Morgan fingerprint density at radius 2 is 1.70 bits per heavy atom. The van der Waals surface area contributed by atoms with E-state index in [4.69, 9.17) is 4.74 Å². The van der Waals surface area contributed by atoms with E-state index in [1.807, 2.05) is 0 Å². The van der Waals surface area contributed by atoms with Crippen LogP contribution in [0.25, 0.3) is 0 Å². The summed E-state index contributed by atoms with van der Waals surface area (Å²) >= 11 is 0. The number of esters is 1. The van der Waals surface area contributed by atoms with Crippen LogP contribution in [0.15, 0.2) is 18.2 Å². The number of benzene rings is 1. The molecule has 1 heterocycles. The van der Waals surface area contributed by atoms with Gasteiger partial charge in [-0.2, -0.15) is 0 Å². The first-order valence-corrected chi connectivity index (χ1v) is 7.25. The number of nitrogens with one attached hydrogen (secondary N) is 1. The van der Waals surface area contributed by atoms with E-state index in [-0.39, 0.29) is 18.1 Å². The fraction of sp³-hybridized carbons (Fsp3) is 0.500. The first-order valence-electron chi connectivity index (χ1n) is 7.25. The van der Waals surface area contributed by atoms with Gasteiger partial charge in [-0.15, -0.1) is 0 Å². The van der Waals surface area contributed by atoms with Gasteiger partial charge in [-0.1, -0.05) is 0 Å². The van der Waals surface area contributed by atoms with Crippen LogP contribution in [-0.2, 0) is 16.1 Å². The molecule has 0 radical (unpaired) electrons. The van der Waals surface area contributed by atoms with Crippen molar-refractivity contribution in [3.63, 3.8) is 0 Å². The maximum atomic E-state index is 11.8. The molecule has 0 bridgehead atoms. The number of hydrogen-bond donors (Lipinski definition) is 1. The van der Waals surface area contributed by atoms with Gasteiger partial charge in [-0.3, -0.25) is 25.0 Å². The molecule has 1 fully saturated rings. The van der Waals surface area contributed by atoms with Gasteiger partial charge in [0, 0.05) is 24.1 Å². The molecule has 1 aliphatic heterocycles. The lowest BCUT2D eigenvalue weighted by Crippen LogP contribution is -2.29. The number of nitro benzene ring substituents is 2. The summed E-state index contributed by atoms with van der Waals surface area (Å²) < 4.78 is 5.10. The monoisotopic (exact) mass is 323 g/mol. The third kappa shape index (κ3) is 4.99. The van der Waals surface area contributed by atoms with E-state index in [0.29, 0.717) is 6.42 Å². The van der Waals surface area contributed by atoms with E-state index >= 15 is 0 Å². The molecule has 23 heavy (non-hydrogen) atoms. The Morgan fingerprint density at radius 3 is 2.22 bits per heavy atom. The smallest absolute Gasteiger partial charge is 0.306 e. The third-order valence-electron chi connectivity index (χ3n) is 3.70. The predicted molar refractivity (Wildman–Crippen MR) is 79.8 cm³/mol. The Kier molecular flexibility index (Phi) is 5.58. The second kappa shape index (κ2) is 7.63. The fourth-order valence-electron chi connectivity index (χ4n) is 2.49. The molecule has 9 nitrogen and oxygen atoms in total. The number of hydrogen-bond acceptors (Lipinski definition) is 7. The minimum atomic E-state index is -0.715. The lowest BCUT2D eigenvalue weighted by Gasteiger charge is -2.21. The van der Waals surface area contributed by atoms with Crippen molar-refractivity contribution in [2.24, 2.45) is 5.92 Å². The SMILES string of the molecule is O=C(CC1CCNCC1)OCc1cc([N+](=O)[O-])cc([N+](=O)[O-])c1. The summed E-state index contributed by atoms with van der Waals surface area (Å²) in [7, 11) is 0. The van der Waals surface area contributed by atoms with Gasteiger partial charge in [0.2, 0.25) is 0 Å². The molecule has 1 aromatic carbocycles. The van der Waals surface area contributed by atoms with Gasteiger partial charge in [0.15, 0.2) is 0 Å². The van der Waals surface area contributed by atoms with Crippen LogP contribution >= 0.6 is 0 Å². The summed E-state index contributed by atoms with van der Waals surface area (Å²) in [6.07, 6.45) is 2.09.